The lowest BCUT2D eigenvalue weighted by molar-refractivity contribution is -0.142. The van der Waals surface area contributed by atoms with Crippen molar-refractivity contribution in [2.45, 2.75) is 19.3 Å². The number of imidazole rings is 1. The third-order valence-electron chi connectivity index (χ3n) is 2.85. The molecule has 0 aliphatic heterocycles. The Bertz CT molecular complexity index is 430. The lowest BCUT2D eigenvalue weighted by atomic mass is 9.90. The molecular weight excluding hydrogens is 184 g/mol. The summed E-state index contributed by atoms with van der Waals surface area (Å²) in [5.41, 5.74) is 1.59. The summed E-state index contributed by atoms with van der Waals surface area (Å²) in [5.74, 6) is -1.12. The van der Waals surface area contributed by atoms with Crippen LogP contribution in [0.3, 0.4) is 0 Å². The number of H-pyrrole nitrogens is 1. The molecule has 1 heterocycles. The highest BCUT2D eigenvalue weighted by Crippen LogP contribution is 2.22. The first-order valence-electron chi connectivity index (χ1n) is 4.59. The van der Waals surface area contributed by atoms with Crippen molar-refractivity contribution in [1.82, 2.24) is 9.55 Å². The predicted molar refractivity (Wildman–Crippen MR) is 49.2 cm³/mol. The fraction of sp³-hybridized carbons (Fsp3) is 0.556. The van der Waals surface area contributed by atoms with E-state index in [0.717, 1.165) is 11.4 Å². The number of nitrogens with one attached hydrogen (secondary N) is 1. The van der Waals surface area contributed by atoms with Gasteiger partial charge in [-0.2, -0.15) is 0 Å². The fourth-order valence-corrected chi connectivity index (χ4v) is 1.97. The molecular formula is C9H12N2O3. The maximum absolute atomic E-state index is 11.2. The van der Waals surface area contributed by atoms with E-state index < -0.39 is 5.97 Å². The standard InChI is InChI=1S/C9H12N2O3/c1-11-7-3-2-5(8(12)13)4-6(7)10-9(11)14/h5H,2-4H2,1H3,(H,10,14)(H,12,13). The molecule has 76 valence electrons. The van der Waals surface area contributed by atoms with E-state index in [9.17, 15) is 9.59 Å². The van der Waals surface area contributed by atoms with Gasteiger partial charge in [-0.15, -0.1) is 0 Å². The molecule has 5 heteroatoms. The van der Waals surface area contributed by atoms with E-state index in [2.05, 4.69) is 4.98 Å². The van der Waals surface area contributed by atoms with Gasteiger partial charge in [-0.25, -0.2) is 4.79 Å². The van der Waals surface area contributed by atoms with Gasteiger partial charge in [0.1, 0.15) is 0 Å². The normalized spacial score (nSPS) is 20.5. The Hall–Kier alpha value is -1.52. The Kier molecular flexibility index (Phi) is 1.94. The van der Waals surface area contributed by atoms with Gasteiger partial charge < -0.3 is 10.1 Å². The molecule has 2 rings (SSSR count). The molecule has 0 amide bonds. The number of aromatic nitrogens is 2. The Morgan fingerprint density at radius 2 is 2.36 bits per heavy atom. The molecule has 1 aromatic rings. The maximum atomic E-state index is 11.2. The zero-order chi connectivity index (χ0) is 10.3. The van der Waals surface area contributed by atoms with E-state index >= 15 is 0 Å². The number of aromatic amines is 1. The molecule has 0 aromatic carbocycles. The summed E-state index contributed by atoms with van der Waals surface area (Å²) in [5, 5.41) is 8.84. The molecule has 0 saturated heterocycles. The van der Waals surface area contributed by atoms with Crippen LogP contribution in [-0.4, -0.2) is 20.6 Å². The molecule has 0 spiro atoms. The van der Waals surface area contributed by atoms with Crippen molar-refractivity contribution >= 4 is 5.97 Å². The van der Waals surface area contributed by atoms with Gasteiger partial charge in [0.25, 0.3) is 0 Å². The number of carbonyl (C=O) groups is 1. The molecule has 0 radical (unpaired) electrons. The third-order valence-corrected chi connectivity index (χ3v) is 2.85. The van der Waals surface area contributed by atoms with Crippen LogP contribution in [0.5, 0.6) is 0 Å². The number of rotatable bonds is 1. The Balaban J connectivity index is 2.36. The molecule has 14 heavy (non-hydrogen) atoms. The van der Waals surface area contributed by atoms with Gasteiger partial charge in [-0.3, -0.25) is 9.36 Å². The average molecular weight is 196 g/mol. The fourth-order valence-electron chi connectivity index (χ4n) is 1.97. The summed E-state index contributed by atoms with van der Waals surface area (Å²) in [6.45, 7) is 0. The van der Waals surface area contributed by atoms with Crippen LogP contribution >= 0.6 is 0 Å². The second kappa shape index (κ2) is 3.01. The van der Waals surface area contributed by atoms with E-state index in [0.29, 0.717) is 19.3 Å². The van der Waals surface area contributed by atoms with Gasteiger partial charge in [-0.05, 0) is 12.8 Å². The van der Waals surface area contributed by atoms with Crippen molar-refractivity contribution in [3.8, 4) is 0 Å². The molecule has 0 saturated carbocycles. The number of aliphatic carboxylic acids is 1. The molecule has 2 N–H and O–H groups in total. The minimum atomic E-state index is -0.777. The molecule has 1 atom stereocenters. The Morgan fingerprint density at radius 1 is 1.64 bits per heavy atom. The predicted octanol–water partition coefficient (Wildman–Crippen LogP) is -0.0971. The number of carboxylic acid groups (broad SMARTS) is 1. The van der Waals surface area contributed by atoms with E-state index in [1.54, 1.807) is 11.6 Å². The van der Waals surface area contributed by atoms with E-state index in [1.807, 2.05) is 0 Å². The first-order valence-corrected chi connectivity index (χ1v) is 4.59. The molecule has 0 bridgehead atoms. The second-order valence-corrected chi connectivity index (χ2v) is 3.69. The van der Waals surface area contributed by atoms with Gasteiger partial charge in [0.15, 0.2) is 0 Å². The van der Waals surface area contributed by atoms with Crippen LogP contribution in [0.15, 0.2) is 4.79 Å². The average Bonchev–Trinajstić information content (AvgIpc) is 2.42. The molecule has 1 aromatic heterocycles. The molecule has 1 unspecified atom stereocenters. The van der Waals surface area contributed by atoms with Crippen LogP contribution in [-0.2, 0) is 24.7 Å². The minimum absolute atomic E-state index is 0.152. The highest BCUT2D eigenvalue weighted by molar-refractivity contribution is 5.70. The van der Waals surface area contributed by atoms with Gasteiger partial charge in [0.2, 0.25) is 0 Å². The zero-order valence-corrected chi connectivity index (χ0v) is 7.91. The summed E-state index contributed by atoms with van der Waals surface area (Å²) < 4.78 is 1.56. The first kappa shape index (κ1) is 9.05. The summed E-state index contributed by atoms with van der Waals surface area (Å²) in [6, 6.07) is 0. The number of nitrogens with zero attached hydrogens (tertiary/aromatic N) is 1. The highest BCUT2D eigenvalue weighted by Gasteiger charge is 2.27. The van der Waals surface area contributed by atoms with Crippen molar-refractivity contribution in [2.24, 2.45) is 13.0 Å². The summed E-state index contributed by atoms with van der Waals surface area (Å²) >= 11 is 0. The van der Waals surface area contributed by atoms with Crippen molar-refractivity contribution in [2.75, 3.05) is 0 Å². The van der Waals surface area contributed by atoms with Gasteiger partial charge in [0.05, 0.1) is 5.92 Å². The van der Waals surface area contributed by atoms with Gasteiger partial charge >= 0.3 is 11.7 Å². The summed E-state index contributed by atoms with van der Waals surface area (Å²) in [4.78, 5) is 24.7. The Morgan fingerprint density at radius 3 is 3.00 bits per heavy atom. The van der Waals surface area contributed by atoms with Crippen LogP contribution in [0.4, 0.5) is 0 Å². The first-order chi connectivity index (χ1) is 6.59. The minimum Gasteiger partial charge on any atom is -0.481 e. The second-order valence-electron chi connectivity index (χ2n) is 3.69. The monoisotopic (exact) mass is 196 g/mol. The number of carboxylic acids is 1. The van der Waals surface area contributed by atoms with E-state index in [1.165, 1.54) is 0 Å². The van der Waals surface area contributed by atoms with Crippen LogP contribution in [0, 0.1) is 5.92 Å². The maximum Gasteiger partial charge on any atom is 0.325 e. The third kappa shape index (κ3) is 1.25. The van der Waals surface area contributed by atoms with Crippen molar-refractivity contribution in [3.63, 3.8) is 0 Å². The van der Waals surface area contributed by atoms with E-state index in [-0.39, 0.29) is 11.6 Å². The van der Waals surface area contributed by atoms with Crippen molar-refractivity contribution in [3.05, 3.63) is 21.9 Å². The van der Waals surface area contributed by atoms with Gasteiger partial charge in [0, 0.05) is 24.9 Å². The van der Waals surface area contributed by atoms with Crippen LogP contribution in [0.2, 0.25) is 0 Å². The lowest BCUT2D eigenvalue weighted by Crippen LogP contribution is -2.23. The lowest BCUT2D eigenvalue weighted by Gasteiger charge is -2.18. The largest absolute Gasteiger partial charge is 0.481 e. The molecule has 0 fully saturated rings. The smallest absolute Gasteiger partial charge is 0.325 e. The van der Waals surface area contributed by atoms with Crippen molar-refractivity contribution in [1.29, 1.82) is 0 Å². The van der Waals surface area contributed by atoms with Crippen LogP contribution in [0.1, 0.15) is 17.8 Å². The molecule has 1 aliphatic carbocycles. The number of fused-ring (bicyclic) bond motifs is 1. The van der Waals surface area contributed by atoms with Crippen LogP contribution < -0.4 is 5.69 Å². The summed E-state index contributed by atoms with van der Waals surface area (Å²) in [7, 11) is 1.71. The molecule has 5 nitrogen and oxygen atoms in total. The SMILES string of the molecule is Cn1c2c([nH]c1=O)CC(C(=O)O)CC2. The molecule has 1 aliphatic rings. The van der Waals surface area contributed by atoms with E-state index in [4.69, 9.17) is 5.11 Å². The highest BCUT2D eigenvalue weighted by atomic mass is 16.4. The number of hydrogen-bond donors (Lipinski definition) is 2. The quantitative estimate of drug-likeness (QED) is 0.658. The van der Waals surface area contributed by atoms with Crippen LogP contribution in [0.25, 0.3) is 0 Å². The zero-order valence-electron chi connectivity index (χ0n) is 7.91. The van der Waals surface area contributed by atoms with Crippen molar-refractivity contribution < 1.29 is 9.90 Å². The Labute approximate surface area is 80.4 Å². The topological polar surface area (TPSA) is 75.1 Å². The summed E-state index contributed by atoms with van der Waals surface area (Å²) in [6.07, 6.45) is 1.73. The number of hydrogen-bond acceptors (Lipinski definition) is 2. The van der Waals surface area contributed by atoms with Gasteiger partial charge in [-0.1, -0.05) is 0 Å².